The van der Waals surface area contributed by atoms with Gasteiger partial charge in [0, 0.05) is 5.69 Å². The highest BCUT2D eigenvalue weighted by Crippen LogP contribution is 2.19. The Bertz CT molecular complexity index is 807. The van der Waals surface area contributed by atoms with Crippen LogP contribution in [0.1, 0.15) is 25.3 Å². The van der Waals surface area contributed by atoms with E-state index in [9.17, 15) is 4.79 Å². The molecule has 2 aromatic carbocycles. The third-order valence-corrected chi connectivity index (χ3v) is 3.62. The normalized spacial score (nSPS) is 10.9. The molecule has 1 heterocycles. The van der Waals surface area contributed by atoms with Gasteiger partial charge in [-0.25, -0.2) is 4.98 Å². The van der Waals surface area contributed by atoms with Gasteiger partial charge in [0.1, 0.15) is 5.75 Å². The van der Waals surface area contributed by atoms with Gasteiger partial charge in [0.2, 0.25) is 0 Å². The number of aromatic nitrogens is 2. The van der Waals surface area contributed by atoms with Crippen LogP contribution in [0, 0.1) is 0 Å². The molecule has 0 radical (unpaired) electrons. The molecular formula is C18H19N3O2. The maximum Gasteiger partial charge on any atom is 0.262 e. The second kappa shape index (κ2) is 6.52. The Morgan fingerprint density at radius 1 is 1.22 bits per heavy atom. The molecule has 0 aliphatic carbocycles. The van der Waals surface area contributed by atoms with E-state index in [2.05, 4.69) is 29.1 Å². The molecule has 0 unspecified atom stereocenters. The van der Waals surface area contributed by atoms with Crippen LogP contribution in [-0.2, 0) is 4.79 Å². The molecule has 0 saturated carbocycles. The fraction of sp³-hybridized carbons (Fsp3) is 0.222. The van der Waals surface area contributed by atoms with Gasteiger partial charge in [-0.05, 0) is 41.8 Å². The van der Waals surface area contributed by atoms with Crippen molar-refractivity contribution in [3.8, 4) is 5.75 Å². The summed E-state index contributed by atoms with van der Waals surface area (Å²) < 4.78 is 5.52. The van der Waals surface area contributed by atoms with Crippen LogP contribution in [0.25, 0.3) is 11.0 Å². The number of nitrogens with one attached hydrogen (secondary N) is 2. The van der Waals surface area contributed by atoms with E-state index in [1.54, 1.807) is 6.33 Å². The summed E-state index contributed by atoms with van der Waals surface area (Å²) in [5.74, 6) is 0.968. The quantitative estimate of drug-likeness (QED) is 0.755. The Kier molecular flexibility index (Phi) is 4.28. The summed E-state index contributed by atoms with van der Waals surface area (Å²) in [5, 5.41) is 2.81. The van der Waals surface area contributed by atoms with Crippen molar-refractivity contribution in [3.63, 3.8) is 0 Å². The molecule has 2 N–H and O–H groups in total. The molecule has 5 heteroatoms. The van der Waals surface area contributed by atoms with Crippen molar-refractivity contribution < 1.29 is 9.53 Å². The number of benzene rings is 2. The molecule has 118 valence electrons. The number of hydrogen-bond acceptors (Lipinski definition) is 3. The van der Waals surface area contributed by atoms with Crippen LogP contribution in [-0.4, -0.2) is 22.5 Å². The number of rotatable bonds is 5. The minimum absolute atomic E-state index is 0.0258. The lowest BCUT2D eigenvalue weighted by molar-refractivity contribution is -0.118. The Morgan fingerprint density at radius 3 is 2.74 bits per heavy atom. The lowest BCUT2D eigenvalue weighted by atomic mass is 10.0. The van der Waals surface area contributed by atoms with E-state index in [0.29, 0.717) is 17.4 Å². The summed E-state index contributed by atoms with van der Waals surface area (Å²) >= 11 is 0. The number of hydrogen-bond donors (Lipinski definition) is 2. The number of nitrogens with zero attached hydrogens (tertiary/aromatic N) is 1. The number of fused-ring (bicyclic) bond motifs is 1. The number of anilines is 1. The van der Waals surface area contributed by atoms with E-state index in [0.717, 1.165) is 11.0 Å². The molecule has 0 aliphatic heterocycles. The lowest BCUT2D eigenvalue weighted by Gasteiger charge is -2.09. The van der Waals surface area contributed by atoms with Gasteiger partial charge in [-0.15, -0.1) is 0 Å². The molecule has 1 aromatic heterocycles. The fourth-order valence-electron chi connectivity index (χ4n) is 2.31. The third kappa shape index (κ3) is 3.69. The maximum atomic E-state index is 12.0. The minimum Gasteiger partial charge on any atom is -0.484 e. The van der Waals surface area contributed by atoms with Crippen molar-refractivity contribution in [3.05, 3.63) is 54.4 Å². The first-order valence-corrected chi connectivity index (χ1v) is 7.57. The van der Waals surface area contributed by atoms with Gasteiger partial charge in [0.05, 0.1) is 17.4 Å². The summed E-state index contributed by atoms with van der Waals surface area (Å²) in [4.78, 5) is 19.1. The molecular weight excluding hydrogens is 290 g/mol. The Balaban J connectivity index is 1.56. The van der Waals surface area contributed by atoms with Crippen LogP contribution >= 0.6 is 0 Å². The van der Waals surface area contributed by atoms with Crippen LogP contribution in [0.5, 0.6) is 5.75 Å². The molecule has 5 nitrogen and oxygen atoms in total. The van der Waals surface area contributed by atoms with Gasteiger partial charge >= 0.3 is 0 Å². The van der Waals surface area contributed by atoms with Crippen LogP contribution in [0.2, 0.25) is 0 Å². The van der Waals surface area contributed by atoms with Gasteiger partial charge in [0.15, 0.2) is 6.61 Å². The number of ether oxygens (including phenoxy) is 1. The molecule has 0 bridgehead atoms. The first kappa shape index (κ1) is 15.1. The van der Waals surface area contributed by atoms with Crippen molar-refractivity contribution in [2.45, 2.75) is 19.8 Å². The largest absolute Gasteiger partial charge is 0.484 e. The van der Waals surface area contributed by atoms with Gasteiger partial charge in [-0.1, -0.05) is 26.0 Å². The summed E-state index contributed by atoms with van der Waals surface area (Å²) in [5.41, 5.74) is 3.71. The summed E-state index contributed by atoms with van der Waals surface area (Å²) in [7, 11) is 0. The zero-order valence-electron chi connectivity index (χ0n) is 13.2. The van der Waals surface area contributed by atoms with E-state index < -0.39 is 0 Å². The molecule has 1 amide bonds. The zero-order chi connectivity index (χ0) is 16.2. The van der Waals surface area contributed by atoms with Crippen LogP contribution in [0.15, 0.2) is 48.8 Å². The predicted molar refractivity (Wildman–Crippen MR) is 90.7 cm³/mol. The van der Waals surface area contributed by atoms with Gasteiger partial charge in [0.25, 0.3) is 5.91 Å². The van der Waals surface area contributed by atoms with Crippen LogP contribution in [0.4, 0.5) is 5.69 Å². The highest BCUT2D eigenvalue weighted by molar-refractivity contribution is 5.93. The Labute approximate surface area is 134 Å². The van der Waals surface area contributed by atoms with Crippen molar-refractivity contribution in [1.82, 2.24) is 9.97 Å². The second-order valence-electron chi connectivity index (χ2n) is 5.70. The van der Waals surface area contributed by atoms with Gasteiger partial charge in [-0.3, -0.25) is 4.79 Å². The van der Waals surface area contributed by atoms with Crippen molar-refractivity contribution >= 4 is 22.6 Å². The fourth-order valence-corrected chi connectivity index (χ4v) is 2.31. The molecule has 3 rings (SSSR count). The predicted octanol–water partition coefficient (Wildman–Crippen LogP) is 3.70. The van der Waals surface area contributed by atoms with E-state index >= 15 is 0 Å². The molecule has 0 aliphatic rings. The highest BCUT2D eigenvalue weighted by Gasteiger charge is 2.06. The zero-order valence-corrected chi connectivity index (χ0v) is 13.2. The molecule has 0 spiro atoms. The van der Waals surface area contributed by atoms with E-state index in [-0.39, 0.29) is 12.5 Å². The first-order chi connectivity index (χ1) is 11.1. The first-order valence-electron chi connectivity index (χ1n) is 7.57. The van der Waals surface area contributed by atoms with Crippen molar-refractivity contribution in [2.24, 2.45) is 0 Å². The number of imidazole rings is 1. The lowest BCUT2D eigenvalue weighted by Crippen LogP contribution is -2.20. The second-order valence-corrected chi connectivity index (χ2v) is 5.70. The molecule has 23 heavy (non-hydrogen) atoms. The Morgan fingerprint density at radius 2 is 2.00 bits per heavy atom. The number of aromatic amines is 1. The van der Waals surface area contributed by atoms with Gasteiger partial charge in [-0.2, -0.15) is 0 Å². The smallest absolute Gasteiger partial charge is 0.262 e. The van der Waals surface area contributed by atoms with E-state index in [1.165, 1.54) is 5.56 Å². The van der Waals surface area contributed by atoms with Gasteiger partial charge < -0.3 is 15.0 Å². The van der Waals surface area contributed by atoms with E-state index in [4.69, 9.17) is 4.74 Å². The number of carbonyl (C=O) groups excluding carboxylic acids is 1. The third-order valence-electron chi connectivity index (χ3n) is 3.62. The maximum absolute atomic E-state index is 12.0. The minimum atomic E-state index is -0.197. The Hall–Kier alpha value is -2.82. The van der Waals surface area contributed by atoms with Crippen molar-refractivity contribution in [2.75, 3.05) is 11.9 Å². The molecule has 0 saturated heterocycles. The molecule has 0 atom stereocenters. The SMILES string of the molecule is CC(C)c1ccc(OCC(=O)Nc2ccc3nc[nH]c3c2)cc1. The van der Waals surface area contributed by atoms with Crippen molar-refractivity contribution in [1.29, 1.82) is 0 Å². The monoisotopic (exact) mass is 309 g/mol. The topological polar surface area (TPSA) is 67.0 Å². The standard InChI is InChI=1S/C18H19N3O2/c1-12(2)13-3-6-15(7-4-13)23-10-18(22)21-14-5-8-16-17(9-14)20-11-19-16/h3-9,11-12H,10H2,1-2H3,(H,19,20)(H,21,22). The number of amides is 1. The number of H-pyrrole nitrogens is 1. The average Bonchev–Trinajstić information content (AvgIpc) is 3.01. The molecule has 0 fully saturated rings. The number of carbonyl (C=O) groups is 1. The summed E-state index contributed by atoms with van der Waals surface area (Å²) in [6.45, 7) is 4.25. The highest BCUT2D eigenvalue weighted by atomic mass is 16.5. The van der Waals surface area contributed by atoms with E-state index in [1.807, 2.05) is 42.5 Å². The average molecular weight is 309 g/mol. The summed E-state index contributed by atoms with van der Waals surface area (Å²) in [6, 6.07) is 13.3. The molecule has 3 aromatic rings. The van der Waals surface area contributed by atoms with Crippen LogP contribution < -0.4 is 10.1 Å². The van der Waals surface area contributed by atoms with Crippen LogP contribution in [0.3, 0.4) is 0 Å². The summed E-state index contributed by atoms with van der Waals surface area (Å²) in [6.07, 6.45) is 1.63.